The maximum atomic E-state index is 11.4. The molecule has 2 aliphatic rings. The summed E-state index contributed by atoms with van der Waals surface area (Å²) < 4.78 is 7.05. The Morgan fingerprint density at radius 1 is 1.05 bits per heavy atom. The molecule has 0 amide bonds. The van der Waals surface area contributed by atoms with E-state index in [0.717, 1.165) is 29.5 Å². The van der Waals surface area contributed by atoms with Crippen LogP contribution < -0.4 is 0 Å². The minimum atomic E-state index is -0.883. The van der Waals surface area contributed by atoms with Crippen LogP contribution in [0.3, 0.4) is 0 Å². The highest BCUT2D eigenvalue weighted by Crippen LogP contribution is 2.52. The van der Waals surface area contributed by atoms with Crippen LogP contribution in [-0.2, 0) is 10.3 Å². The first kappa shape index (κ1) is 14.4. The van der Waals surface area contributed by atoms with Crippen LogP contribution in [0.25, 0.3) is 0 Å². The lowest BCUT2D eigenvalue weighted by molar-refractivity contribution is -0.0996. The fraction of sp³-hybridized carbons (Fsp3) is 0.368. The zero-order chi connectivity index (χ0) is 15.2. The van der Waals surface area contributed by atoms with Crippen molar-refractivity contribution in [2.75, 3.05) is 6.61 Å². The van der Waals surface area contributed by atoms with E-state index in [0.29, 0.717) is 11.8 Å². The molecule has 22 heavy (non-hydrogen) atoms. The Morgan fingerprint density at radius 3 is 2.50 bits per heavy atom. The van der Waals surface area contributed by atoms with Crippen molar-refractivity contribution in [2.24, 2.45) is 5.92 Å². The van der Waals surface area contributed by atoms with Crippen molar-refractivity contribution in [3.05, 3.63) is 70.2 Å². The zero-order valence-electron chi connectivity index (χ0n) is 12.3. The number of halogens is 1. The largest absolute Gasteiger partial charge is 0.382 e. The third-order valence-electron chi connectivity index (χ3n) is 5.23. The average Bonchev–Trinajstić information content (AvgIpc) is 3.00. The molecule has 0 unspecified atom stereocenters. The molecule has 2 aromatic carbocycles. The third-order valence-corrected chi connectivity index (χ3v) is 5.76. The Labute approximate surface area is 139 Å². The van der Waals surface area contributed by atoms with Crippen LogP contribution in [0.2, 0.25) is 0 Å². The van der Waals surface area contributed by atoms with Gasteiger partial charge in [0.05, 0.1) is 12.7 Å². The smallest absolute Gasteiger partial charge is 0.116 e. The Kier molecular flexibility index (Phi) is 3.60. The van der Waals surface area contributed by atoms with Gasteiger partial charge in [-0.05, 0) is 47.9 Å². The van der Waals surface area contributed by atoms with E-state index >= 15 is 0 Å². The van der Waals surface area contributed by atoms with Gasteiger partial charge in [0, 0.05) is 4.47 Å². The van der Waals surface area contributed by atoms with Gasteiger partial charge in [-0.1, -0.05) is 58.4 Å². The third kappa shape index (κ3) is 2.32. The van der Waals surface area contributed by atoms with Crippen LogP contribution in [0.15, 0.2) is 59.1 Å². The lowest BCUT2D eigenvalue weighted by Gasteiger charge is -2.41. The van der Waals surface area contributed by atoms with E-state index in [9.17, 15) is 5.11 Å². The molecule has 1 aliphatic carbocycles. The molecule has 2 bridgehead atoms. The molecule has 0 spiro atoms. The number of fused-ring (bicyclic) bond motifs is 2. The molecule has 2 fully saturated rings. The van der Waals surface area contributed by atoms with Gasteiger partial charge in [0.25, 0.3) is 0 Å². The lowest BCUT2D eigenvalue weighted by atomic mass is 9.67. The molecule has 114 valence electrons. The number of ether oxygens (including phenoxy) is 1. The number of benzene rings is 2. The predicted octanol–water partition coefficient (Wildman–Crippen LogP) is 4.23. The Bertz CT molecular complexity index is 655. The van der Waals surface area contributed by atoms with E-state index in [4.69, 9.17) is 4.74 Å². The summed E-state index contributed by atoms with van der Waals surface area (Å²) in [5.74, 6) is 0.854. The van der Waals surface area contributed by atoms with Crippen LogP contribution in [0, 0.1) is 5.92 Å². The molecule has 2 nitrogen and oxygen atoms in total. The standard InChI is InChI=1S/C19H19BrO2/c20-16-8-6-13(7-9-16)17-11-19(21,15-4-2-1-3-5-15)18-10-14(17)12-22-18/h1-9,14,17-18,21H,10-12H2/t14-,17+,18-,19+/m0/s1. The number of aliphatic hydroxyl groups is 1. The summed E-state index contributed by atoms with van der Waals surface area (Å²) in [5.41, 5.74) is 1.39. The molecule has 2 aromatic rings. The molecule has 1 saturated heterocycles. The Balaban J connectivity index is 1.72. The molecule has 1 heterocycles. The van der Waals surface area contributed by atoms with Crippen molar-refractivity contribution >= 4 is 15.9 Å². The molecule has 0 aromatic heterocycles. The second-order valence-corrected chi connectivity index (χ2v) is 7.39. The molecule has 0 radical (unpaired) electrons. The summed E-state index contributed by atoms with van der Waals surface area (Å²) in [6.07, 6.45) is 1.59. The van der Waals surface area contributed by atoms with Crippen molar-refractivity contribution in [1.29, 1.82) is 0 Å². The Hall–Kier alpha value is -1.16. The van der Waals surface area contributed by atoms with Crippen molar-refractivity contribution in [1.82, 2.24) is 0 Å². The predicted molar refractivity (Wildman–Crippen MR) is 89.7 cm³/mol. The van der Waals surface area contributed by atoms with Gasteiger partial charge in [0.15, 0.2) is 0 Å². The van der Waals surface area contributed by atoms with Crippen LogP contribution in [-0.4, -0.2) is 17.8 Å². The maximum absolute atomic E-state index is 11.4. The maximum Gasteiger partial charge on any atom is 0.116 e. The summed E-state index contributed by atoms with van der Waals surface area (Å²) in [5, 5.41) is 11.4. The topological polar surface area (TPSA) is 29.5 Å². The van der Waals surface area contributed by atoms with Gasteiger partial charge in [-0.25, -0.2) is 0 Å². The first-order valence-electron chi connectivity index (χ1n) is 7.82. The van der Waals surface area contributed by atoms with E-state index in [1.165, 1.54) is 5.56 Å². The second kappa shape index (κ2) is 5.48. The SMILES string of the molecule is O[C@@]1(c2ccccc2)C[C@H](c2ccc(Br)cc2)[C@@H]2CO[C@H]1C2. The normalized spacial score (nSPS) is 33.8. The number of hydrogen-bond acceptors (Lipinski definition) is 2. The summed E-state index contributed by atoms with van der Waals surface area (Å²) in [6, 6.07) is 18.5. The highest BCUT2D eigenvalue weighted by Gasteiger charge is 2.52. The molecule has 1 N–H and O–H groups in total. The minimum Gasteiger partial charge on any atom is -0.382 e. The summed E-state index contributed by atoms with van der Waals surface area (Å²) >= 11 is 3.49. The van der Waals surface area contributed by atoms with E-state index in [2.05, 4.69) is 40.2 Å². The van der Waals surface area contributed by atoms with Gasteiger partial charge in [0.2, 0.25) is 0 Å². The Morgan fingerprint density at radius 2 is 1.77 bits per heavy atom. The molecule has 4 rings (SSSR count). The van der Waals surface area contributed by atoms with Crippen LogP contribution in [0.5, 0.6) is 0 Å². The van der Waals surface area contributed by atoms with Crippen molar-refractivity contribution in [3.8, 4) is 0 Å². The minimum absolute atomic E-state index is 0.0772. The first-order valence-corrected chi connectivity index (χ1v) is 8.61. The van der Waals surface area contributed by atoms with Crippen LogP contribution in [0.4, 0.5) is 0 Å². The van der Waals surface area contributed by atoms with Crippen molar-refractivity contribution in [2.45, 2.75) is 30.5 Å². The summed E-state index contributed by atoms with van der Waals surface area (Å²) in [7, 11) is 0. The van der Waals surface area contributed by atoms with Crippen molar-refractivity contribution in [3.63, 3.8) is 0 Å². The highest BCUT2D eigenvalue weighted by atomic mass is 79.9. The van der Waals surface area contributed by atoms with Gasteiger partial charge in [-0.2, -0.15) is 0 Å². The first-order chi connectivity index (χ1) is 10.7. The van der Waals surface area contributed by atoms with Crippen molar-refractivity contribution < 1.29 is 9.84 Å². The van der Waals surface area contributed by atoms with Gasteiger partial charge >= 0.3 is 0 Å². The van der Waals surface area contributed by atoms with Gasteiger partial charge in [-0.15, -0.1) is 0 Å². The van der Waals surface area contributed by atoms with Crippen LogP contribution >= 0.6 is 15.9 Å². The fourth-order valence-electron chi connectivity index (χ4n) is 4.03. The second-order valence-electron chi connectivity index (χ2n) is 6.47. The average molecular weight is 359 g/mol. The lowest BCUT2D eigenvalue weighted by Crippen LogP contribution is -2.44. The molecular formula is C19H19BrO2. The summed E-state index contributed by atoms with van der Waals surface area (Å²) in [4.78, 5) is 0. The monoisotopic (exact) mass is 358 g/mol. The molecular weight excluding hydrogens is 340 g/mol. The number of hydrogen-bond donors (Lipinski definition) is 1. The van der Waals surface area contributed by atoms with E-state index in [-0.39, 0.29) is 6.10 Å². The highest BCUT2D eigenvalue weighted by molar-refractivity contribution is 9.10. The molecule has 4 atom stereocenters. The van der Waals surface area contributed by atoms with E-state index in [1.54, 1.807) is 0 Å². The molecule has 1 aliphatic heterocycles. The zero-order valence-corrected chi connectivity index (χ0v) is 13.9. The van der Waals surface area contributed by atoms with Gasteiger partial charge in [-0.3, -0.25) is 0 Å². The quantitative estimate of drug-likeness (QED) is 0.870. The van der Waals surface area contributed by atoms with Gasteiger partial charge in [0.1, 0.15) is 5.60 Å². The number of rotatable bonds is 2. The molecule has 1 saturated carbocycles. The van der Waals surface area contributed by atoms with E-state index < -0.39 is 5.60 Å². The van der Waals surface area contributed by atoms with Crippen LogP contribution in [0.1, 0.15) is 29.9 Å². The molecule has 3 heteroatoms. The fourth-order valence-corrected chi connectivity index (χ4v) is 4.29. The summed E-state index contributed by atoms with van der Waals surface area (Å²) in [6.45, 7) is 0.751. The van der Waals surface area contributed by atoms with E-state index in [1.807, 2.05) is 30.3 Å². The van der Waals surface area contributed by atoms with Gasteiger partial charge < -0.3 is 9.84 Å².